The van der Waals surface area contributed by atoms with E-state index in [4.69, 9.17) is 0 Å². The molecule has 1 aliphatic heterocycles. The highest BCUT2D eigenvalue weighted by atomic mass is 32.1. The Morgan fingerprint density at radius 1 is 1.29 bits per heavy atom. The molecule has 1 aromatic heterocycles. The normalized spacial score (nSPS) is 21.0. The number of amides is 4. The van der Waals surface area contributed by atoms with E-state index in [1.54, 1.807) is 23.3 Å². The third-order valence-electron chi connectivity index (χ3n) is 5.72. The molecule has 1 saturated heterocycles. The highest BCUT2D eigenvalue weighted by molar-refractivity contribution is 7.10. The van der Waals surface area contributed by atoms with Gasteiger partial charge in [0, 0.05) is 24.0 Å². The molecule has 0 radical (unpaired) electrons. The molecule has 146 valence electrons. The number of thiophene rings is 1. The number of hydrogen-bond donors (Lipinski definition) is 1. The number of fused-ring (bicyclic) bond motifs is 2. The van der Waals surface area contributed by atoms with Crippen LogP contribution in [-0.4, -0.2) is 41.2 Å². The summed E-state index contributed by atoms with van der Waals surface area (Å²) in [4.78, 5) is 42.3. The molecule has 6 nitrogen and oxygen atoms in total. The van der Waals surface area contributed by atoms with Crippen LogP contribution in [0, 0.1) is 6.92 Å². The first-order chi connectivity index (χ1) is 13.4. The van der Waals surface area contributed by atoms with Gasteiger partial charge in [-0.15, -0.1) is 11.3 Å². The topological polar surface area (TPSA) is 69.7 Å². The van der Waals surface area contributed by atoms with Crippen LogP contribution in [0.15, 0.2) is 35.7 Å². The van der Waals surface area contributed by atoms with Crippen LogP contribution in [0.4, 0.5) is 4.79 Å². The molecule has 0 unspecified atom stereocenters. The lowest BCUT2D eigenvalue weighted by atomic mass is 9.80. The van der Waals surface area contributed by atoms with Gasteiger partial charge in [0.2, 0.25) is 5.91 Å². The maximum absolute atomic E-state index is 13.2. The summed E-state index contributed by atoms with van der Waals surface area (Å²) in [5, 5.41) is 4.85. The molecular weight excluding hydrogens is 374 g/mol. The number of likely N-dealkylation sites (N-methyl/N-ethyl adjacent to an activating group) is 1. The quantitative estimate of drug-likeness (QED) is 0.807. The fourth-order valence-electron chi connectivity index (χ4n) is 4.07. The number of urea groups is 1. The van der Waals surface area contributed by atoms with Gasteiger partial charge in [0.1, 0.15) is 12.1 Å². The molecule has 0 bridgehead atoms. The molecule has 2 aromatic rings. The van der Waals surface area contributed by atoms with Gasteiger partial charge in [-0.2, -0.15) is 0 Å². The van der Waals surface area contributed by atoms with E-state index in [2.05, 4.69) is 5.32 Å². The van der Waals surface area contributed by atoms with Crippen LogP contribution in [0.3, 0.4) is 0 Å². The highest BCUT2D eigenvalue weighted by Crippen LogP contribution is 2.42. The van der Waals surface area contributed by atoms with Gasteiger partial charge in [-0.05, 0) is 48.8 Å². The van der Waals surface area contributed by atoms with Crippen LogP contribution in [0.25, 0.3) is 0 Å². The minimum atomic E-state index is -1.00. The summed E-state index contributed by atoms with van der Waals surface area (Å²) >= 11 is 1.61. The maximum atomic E-state index is 13.2. The number of hydrogen-bond acceptors (Lipinski definition) is 4. The first-order valence-corrected chi connectivity index (χ1v) is 10.3. The molecule has 1 aliphatic carbocycles. The molecular formula is C21H23N3O3S. The van der Waals surface area contributed by atoms with Gasteiger partial charge in [0.05, 0.1) is 0 Å². The fourth-order valence-corrected chi connectivity index (χ4v) is 5.07. The average molecular weight is 398 g/mol. The van der Waals surface area contributed by atoms with Crippen molar-refractivity contribution in [2.24, 2.45) is 0 Å². The van der Waals surface area contributed by atoms with E-state index in [0.29, 0.717) is 13.0 Å². The summed E-state index contributed by atoms with van der Waals surface area (Å²) in [6.07, 6.45) is 2.34. The van der Waals surface area contributed by atoms with E-state index in [1.165, 1.54) is 0 Å². The van der Waals surface area contributed by atoms with Gasteiger partial charge in [0.15, 0.2) is 0 Å². The Bertz CT molecular complexity index is 954. The van der Waals surface area contributed by atoms with Crippen molar-refractivity contribution in [2.45, 2.75) is 38.3 Å². The Balaban J connectivity index is 1.50. The Labute approximate surface area is 168 Å². The van der Waals surface area contributed by atoms with E-state index >= 15 is 0 Å². The van der Waals surface area contributed by atoms with Gasteiger partial charge < -0.3 is 10.2 Å². The second-order valence-electron chi connectivity index (χ2n) is 7.51. The summed E-state index contributed by atoms with van der Waals surface area (Å²) in [6.45, 7) is 2.19. The van der Waals surface area contributed by atoms with Crippen molar-refractivity contribution in [3.8, 4) is 0 Å². The van der Waals surface area contributed by atoms with Crippen molar-refractivity contribution < 1.29 is 14.4 Å². The zero-order valence-electron chi connectivity index (χ0n) is 16.0. The fraction of sp³-hybridized carbons (Fsp3) is 0.381. The lowest BCUT2D eigenvalue weighted by Crippen LogP contribution is -2.46. The standard InChI is InChI=1S/C21H23N3O3S/c1-14-6-3-4-7-15(14)12-23(2)18(25)13-24-19(26)21(22-20(24)27)10-5-8-17-16(21)9-11-28-17/h3-4,6-7,9,11H,5,8,10,12-13H2,1-2H3,(H,22,27)/t21-/m0/s1. The van der Waals surface area contributed by atoms with Gasteiger partial charge in [-0.25, -0.2) is 4.79 Å². The molecule has 1 atom stereocenters. The van der Waals surface area contributed by atoms with Crippen molar-refractivity contribution in [2.75, 3.05) is 13.6 Å². The van der Waals surface area contributed by atoms with E-state index in [1.807, 2.05) is 42.6 Å². The first-order valence-electron chi connectivity index (χ1n) is 9.42. The Morgan fingerprint density at radius 2 is 2.07 bits per heavy atom. The number of nitrogens with zero attached hydrogens (tertiary/aromatic N) is 2. The summed E-state index contributed by atoms with van der Waals surface area (Å²) in [5.41, 5.74) is 2.04. The minimum Gasteiger partial charge on any atom is -0.340 e. The van der Waals surface area contributed by atoms with Crippen LogP contribution < -0.4 is 5.32 Å². The molecule has 2 heterocycles. The molecule has 1 spiro atoms. The van der Waals surface area contributed by atoms with Crippen molar-refractivity contribution in [3.63, 3.8) is 0 Å². The van der Waals surface area contributed by atoms with Crippen molar-refractivity contribution >= 4 is 29.2 Å². The van der Waals surface area contributed by atoms with E-state index in [9.17, 15) is 14.4 Å². The molecule has 0 saturated carbocycles. The minimum absolute atomic E-state index is 0.242. The summed E-state index contributed by atoms with van der Waals surface area (Å²) in [7, 11) is 1.70. The van der Waals surface area contributed by atoms with E-state index in [-0.39, 0.29) is 18.4 Å². The number of nitrogens with one attached hydrogen (secondary N) is 1. The van der Waals surface area contributed by atoms with Crippen LogP contribution >= 0.6 is 11.3 Å². The second-order valence-corrected chi connectivity index (χ2v) is 8.51. The Kier molecular flexibility index (Phi) is 4.71. The predicted molar refractivity (Wildman–Crippen MR) is 107 cm³/mol. The largest absolute Gasteiger partial charge is 0.340 e. The number of imide groups is 1. The lowest BCUT2D eigenvalue weighted by molar-refractivity contribution is -0.139. The molecule has 1 aromatic carbocycles. The van der Waals surface area contributed by atoms with E-state index in [0.717, 1.165) is 39.3 Å². The van der Waals surface area contributed by atoms with Crippen LogP contribution in [-0.2, 0) is 28.1 Å². The first kappa shape index (κ1) is 18.7. The van der Waals surface area contributed by atoms with Crippen LogP contribution in [0.1, 0.15) is 34.4 Å². The van der Waals surface area contributed by atoms with Crippen molar-refractivity contribution in [1.29, 1.82) is 0 Å². The molecule has 1 fully saturated rings. The third kappa shape index (κ3) is 2.99. The van der Waals surface area contributed by atoms with Gasteiger partial charge >= 0.3 is 6.03 Å². The number of rotatable bonds is 4. The van der Waals surface area contributed by atoms with Crippen molar-refractivity contribution in [1.82, 2.24) is 15.1 Å². The zero-order chi connectivity index (χ0) is 19.9. The molecule has 28 heavy (non-hydrogen) atoms. The number of benzene rings is 1. The molecule has 4 amide bonds. The smallest absolute Gasteiger partial charge is 0.325 e. The number of aryl methyl sites for hydroxylation is 2. The van der Waals surface area contributed by atoms with Crippen LogP contribution in [0.5, 0.6) is 0 Å². The summed E-state index contributed by atoms with van der Waals surface area (Å²) in [5.74, 6) is -0.570. The second kappa shape index (κ2) is 7.05. The van der Waals surface area contributed by atoms with Gasteiger partial charge in [0.25, 0.3) is 5.91 Å². The molecule has 2 aliphatic rings. The SMILES string of the molecule is Cc1ccccc1CN(C)C(=O)CN1C(=O)N[C@]2(CCCc3sccc32)C1=O. The predicted octanol–water partition coefficient (Wildman–Crippen LogP) is 2.80. The van der Waals surface area contributed by atoms with Gasteiger partial charge in [-0.1, -0.05) is 24.3 Å². The summed E-state index contributed by atoms with van der Waals surface area (Å²) in [6, 6.07) is 9.30. The molecule has 7 heteroatoms. The molecule has 4 rings (SSSR count). The Morgan fingerprint density at radius 3 is 2.86 bits per heavy atom. The van der Waals surface area contributed by atoms with E-state index < -0.39 is 11.6 Å². The third-order valence-corrected chi connectivity index (χ3v) is 6.71. The number of carbonyl (C=O) groups is 3. The monoisotopic (exact) mass is 397 g/mol. The number of carbonyl (C=O) groups excluding carboxylic acids is 3. The van der Waals surface area contributed by atoms with Crippen LogP contribution in [0.2, 0.25) is 0 Å². The van der Waals surface area contributed by atoms with Gasteiger partial charge in [-0.3, -0.25) is 14.5 Å². The lowest BCUT2D eigenvalue weighted by Gasteiger charge is -2.31. The Hall–Kier alpha value is -2.67. The summed E-state index contributed by atoms with van der Waals surface area (Å²) < 4.78 is 0. The zero-order valence-corrected chi connectivity index (χ0v) is 16.8. The highest BCUT2D eigenvalue weighted by Gasteiger charge is 2.54. The average Bonchev–Trinajstić information content (AvgIpc) is 3.24. The van der Waals surface area contributed by atoms with Crippen molar-refractivity contribution in [3.05, 3.63) is 57.3 Å². The maximum Gasteiger partial charge on any atom is 0.325 e. The molecule has 1 N–H and O–H groups in total.